The maximum atomic E-state index is 13.3. The summed E-state index contributed by atoms with van der Waals surface area (Å²) in [4.78, 5) is 46.1. The number of aromatic nitrogens is 2. The molecule has 1 unspecified atom stereocenters. The number of amides is 3. The van der Waals surface area contributed by atoms with Crippen LogP contribution in [0.2, 0.25) is 0 Å². The van der Waals surface area contributed by atoms with Gasteiger partial charge in [-0.3, -0.25) is 9.69 Å². The Balaban J connectivity index is 1.28. The van der Waals surface area contributed by atoms with Gasteiger partial charge in [0.1, 0.15) is 6.04 Å². The third-order valence-electron chi connectivity index (χ3n) is 6.82. The third kappa shape index (κ3) is 8.85. The van der Waals surface area contributed by atoms with Gasteiger partial charge in [0, 0.05) is 45.7 Å². The number of alkyl carbamates (subject to hydrolysis) is 1. The van der Waals surface area contributed by atoms with E-state index in [4.69, 9.17) is 15.0 Å². The maximum absolute atomic E-state index is 13.3. The van der Waals surface area contributed by atoms with Crippen LogP contribution in [0.15, 0.2) is 59.1 Å². The number of ether oxygens (including phenoxy) is 1. The van der Waals surface area contributed by atoms with Crippen LogP contribution in [0.1, 0.15) is 40.1 Å². The summed E-state index contributed by atoms with van der Waals surface area (Å²) in [6, 6.07) is 16.5. The Morgan fingerprint density at radius 3 is 2.39 bits per heavy atom. The highest BCUT2D eigenvalue weighted by Crippen LogP contribution is 2.12. The largest absolute Gasteiger partial charge is 0.450 e. The zero-order valence-corrected chi connectivity index (χ0v) is 23.3. The number of urea groups is 1. The van der Waals surface area contributed by atoms with E-state index in [-0.39, 0.29) is 30.8 Å². The van der Waals surface area contributed by atoms with Crippen LogP contribution >= 0.6 is 0 Å². The number of hydrogen-bond acceptors (Lipinski definition) is 9. The van der Waals surface area contributed by atoms with E-state index >= 15 is 0 Å². The van der Waals surface area contributed by atoms with Crippen molar-refractivity contribution in [3.8, 4) is 0 Å². The first-order chi connectivity index (χ1) is 19.9. The lowest BCUT2D eigenvalue weighted by Crippen LogP contribution is -2.51. The normalized spacial score (nSPS) is 14.3. The molecule has 1 fully saturated rings. The minimum Gasteiger partial charge on any atom is -0.450 e. The minimum absolute atomic E-state index is 0.0796. The second-order valence-corrected chi connectivity index (χ2v) is 9.75. The fourth-order valence-corrected chi connectivity index (χ4v) is 4.52. The van der Waals surface area contributed by atoms with Gasteiger partial charge in [-0.25, -0.2) is 9.59 Å². The molecule has 1 saturated heterocycles. The van der Waals surface area contributed by atoms with Gasteiger partial charge >= 0.3 is 12.1 Å². The molecule has 2 aromatic carbocycles. The number of benzene rings is 2. The highest BCUT2D eigenvalue weighted by molar-refractivity contribution is 5.98. The molecule has 3 aromatic rings. The van der Waals surface area contributed by atoms with Gasteiger partial charge in [0.15, 0.2) is 0 Å². The Bertz CT molecular complexity index is 1270. The highest BCUT2D eigenvalue weighted by Gasteiger charge is 2.28. The van der Waals surface area contributed by atoms with E-state index in [1.165, 1.54) is 5.56 Å². The van der Waals surface area contributed by atoms with Crippen molar-refractivity contribution >= 4 is 17.9 Å². The molecule has 3 amide bonds. The molecule has 12 nitrogen and oxygen atoms in total. The lowest BCUT2D eigenvalue weighted by Gasteiger charge is -2.33. The molecule has 1 atom stereocenters. The summed E-state index contributed by atoms with van der Waals surface area (Å²) in [7, 11) is 0. The van der Waals surface area contributed by atoms with Gasteiger partial charge in [-0.05, 0) is 30.0 Å². The summed E-state index contributed by atoms with van der Waals surface area (Å²) in [5, 5.41) is 9.48. The van der Waals surface area contributed by atoms with Gasteiger partial charge in [-0.2, -0.15) is 4.98 Å². The average Bonchev–Trinajstić information content (AvgIpc) is 3.46. The molecule has 0 aliphatic carbocycles. The molecule has 1 aliphatic heterocycles. The van der Waals surface area contributed by atoms with Crippen LogP contribution in [0.4, 0.5) is 9.59 Å². The second-order valence-electron chi connectivity index (χ2n) is 9.75. The summed E-state index contributed by atoms with van der Waals surface area (Å²) >= 11 is 0. The summed E-state index contributed by atoms with van der Waals surface area (Å²) in [6.45, 7) is 5.57. The molecule has 0 spiro atoms. The zero-order chi connectivity index (χ0) is 29.0. The lowest BCUT2D eigenvalue weighted by molar-refractivity contribution is 0.0910. The number of Topliss-reactive ketones (excluding diaryl/α,β-unsaturated/α-hetero) is 1. The number of hydrogen-bond donors (Lipinski definition) is 3. The maximum Gasteiger partial charge on any atom is 0.407 e. The monoisotopic (exact) mass is 563 g/mol. The van der Waals surface area contributed by atoms with Crippen molar-refractivity contribution in [3.05, 3.63) is 83.0 Å². The van der Waals surface area contributed by atoms with Crippen molar-refractivity contribution < 1.29 is 23.6 Å². The molecule has 12 heteroatoms. The van der Waals surface area contributed by atoms with Crippen molar-refractivity contribution in [1.82, 2.24) is 30.6 Å². The van der Waals surface area contributed by atoms with Crippen LogP contribution in [-0.4, -0.2) is 83.2 Å². The van der Waals surface area contributed by atoms with Gasteiger partial charge in [-0.1, -0.05) is 59.8 Å². The zero-order valence-electron chi connectivity index (χ0n) is 23.3. The highest BCUT2D eigenvalue weighted by atomic mass is 16.5. The fourth-order valence-electron chi connectivity index (χ4n) is 4.52. The Kier molecular flexibility index (Phi) is 10.8. The molecule has 4 N–H and O–H groups in total. The molecule has 41 heavy (non-hydrogen) atoms. The first-order valence-electron chi connectivity index (χ1n) is 13.8. The van der Waals surface area contributed by atoms with Gasteiger partial charge in [0.05, 0.1) is 13.2 Å². The Morgan fingerprint density at radius 2 is 1.71 bits per heavy atom. The molecular weight excluding hydrogens is 526 g/mol. The Labute approximate surface area is 239 Å². The van der Waals surface area contributed by atoms with E-state index in [2.05, 4.69) is 25.7 Å². The van der Waals surface area contributed by atoms with Crippen LogP contribution in [0.5, 0.6) is 0 Å². The SMILES string of the molecule is CCOC(=O)NC(Cc1ccc(CN)cc1)C(=O)c1noc(CN2CCN(C(=O)NCCc3ccccc3)CC2)n1. The van der Waals surface area contributed by atoms with Crippen molar-refractivity contribution in [2.75, 3.05) is 39.3 Å². The van der Waals surface area contributed by atoms with E-state index < -0.39 is 17.9 Å². The van der Waals surface area contributed by atoms with E-state index in [1.807, 2.05) is 54.6 Å². The Morgan fingerprint density at radius 1 is 1.00 bits per heavy atom. The second kappa shape index (κ2) is 14.9. The van der Waals surface area contributed by atoms with Gasteiger partial charge < -0.3 is 30.5 Å². The van der Waals surface area contributed by atoms with Gasteiger partial charge in [0.2, 0.25) is 17.5 Å². The number of nitrogens with two attached hydrogens (primary N) is 1. The number of carbonyl (C=O) groups excluding carboxylic acids is 3. The van der Waals surface area contributed by atoms with E-state index in [1.54, 1.807) is 11.8 Å². The van der Waals surface area contributed by atoms with Gasteiger partial charge in [0.25, 0.3) is 0 Å². The lowest BCUT2D eigenvalue weighted by atomic mass is 10.0. The summed E-state index contributed by atoms with van der Waals surface area (Å²) in [6.07, 6.45) is 0.304. The molecule has 0 radical (unpaired) electrons. The number of nitrogens with one attached hydrogen (secondary N) is 2. The summed E-state index contributed by atoms with van der Waals surface area (Å²) < 4.78 is 10.4. The predicted octanol–water partition coefficient (Wildman–Crippen LogP) is 2.14. The average molecular weight is 564 g/mol. The van der Waals surface area contributed by atoms with Crippen LogP contribution in [-0.2, 0) is 30.7 Å². The first-order valence-corrected chi connectivity index (χ1v) is 13.8. The summed E-state index contributed by atoms with van der Waals surface area (Å²) in [5.41, 5.74) is 8.65. The van der Waals surface area contributed by atoms with Crippen molar-refractivity contribution in [2.24, 2.45) is 5.73 Å². The smallest absolute Gasteiger partial charge is 0.407 e. The third-order valence-corrected chi connectivity index (χ3v) is 6.82. The fraction of sp³-hybridized carbons (Fsp3) is 0.414. The number of piperazine rings is 1. The van der Waals surface area contributed by atoms with Crippen molar-refractivity contribution in [2.45, 2.75) is 38.9 Å². The molecule has 4 rings (SSSR count). The van der Waals surface area contributed by atoms with E-state index in [0.29, 0.717) is 45.8 Å². The summed E-state index contributed by atoms with van der Waals surface area (Å²) in [5.74, 6) is -0.305. The molecule has 218 valence electrons. The molecule has 0 saturated carbocycles. The van der Waals surface area contributed by atoms with Crippen molar-refractivity contribution in [3.63, 3.8) is 0 Å². The standard InChI is InChI=1S/C29H37N7O5/c1-2-40-29(39)32-24(18-22-8-10-23(19-30)11-9-22)26(37)27-33-25(41-34-27)20-35-14-16-36(17-15-35)28(38)31-13-12-21-6-4-3-5-7-21/h3-11,24H,2,12-20,30H2,1H3,(H,31,38)(H,32,39). The molecule has 0 bridgehead atoms. The predicted molar refractivity (Wildman–Crippen MR) is 151 cm³/mol. The molecule has 1 aromatic heterocycles. The number of nitrogens with zero attached hydrogens (tertiary/aromatic N) is 4. The van der Waals surface area contributed by atoms with Crippen LogP contribution in [0.3, 0.4) is 0 Å². The van der Waals surface area contributed by atoms with Crippen LogP contribution < -0.4 is 16.4 Å². The molecule has 2 heterocycles. The van der Waals surface area contributed by atoms with Crippen LogP contribution in [0.25, 0.3) is 0 Å². The van der Waals surface area contributed by atoms with Gasteiger partial charge in [-0.15, -0.1) is 0 Å². The quantitative estimate of drug-likeness (QED) is 0.281. The van der Waals surface area contributed by atoms with Crippen LogP contribution in [0, 0.1) is 0 Å². The molecular formula is C29H37N7O5. The van der Waals surface area contributed by atoms with E-state index in [9.17, 15) is 14.4 Å². The number of rotatable bonds is 12. The number of carbonyl (C=O) groups is 3. The number of ketones is 1. The van der Waals surface area contributed by atoms with E-state index in [0.717, 1.165) is 17.5 Å². The topological polar surface area (TPSA) is 156 Å². The first kappa shape index (κ1) is 29.7. The molecule has 1 aliphatic rings. The Hall–Kier alpha value is -4.29. The minimum atomic E-state index is -0.938. The van der Waals surface area contributed by atoms with Crippen molar-refractivity contribution in [1.29, 1.82) is 0 Å².